The standard InChI is InChI=1S/C11H17N3O5/c1-6(10(17)18)5-13(2)11(19)12-7-4-8(15)14(3)9(7)16/h6-7H,4-5H2,1-3H3,(H,12,19)(H,17,18). The van der Waals surface area contributed by atoms with E-state index in [1.54, 1.807) is 0 Å². The molecule has 1 fully saturated rings. The molecule has 1 saturated heterocycles. The van der Waals surface area contributed by atoms with Crippen molar-refractivity contribution in [2.45, 2.75) is 19.4 Å². The van der Waals surface area contributed by atoms with Gasteiger partial charge in [0.15, 0.2) is 0 Å². The molecule has 2 unspecified atom stereocenters. The van der Waals surface area contributed by atoms with Crippen LogP contribution in [0.1, 0.15) is 13.3 Å². The van der Waals surface area contributed by atoms with Crippen molar-refractivity contribution in [2.75, 3.05) is 20.6 Å². The van der Waals surface area contributed by atoms with E-state index in [9.17, 15) is 19.2 Å². The van der Waals surface area contributed by atoms with Crippen molar-refractivity contribution in [1.29, 1.82) is 0 Å². The van der Waals surface area contributed by atoms with Crippen molar-refractivity contribution in [3.63, 3.8) is 0 Å². The van der Waals surface area contributed by atoms with E-state index in [0.717, 1.165) is 4.90 Å². The number of nitrogens with one attached hydrogen (secondary N) is 1. The molecule has 0 aromatic rings. The predicted molar refractivity (Wildman–Crippen MR) is 64.1 cm³/mol. The molecule has 0 aromatic heterocycles. The number of rotatable bonds is 4. The van der Waals surface area contributed by atoms with Crippen LogP contribution in [0, 0.1) is 5.92 Å². The molecule has 0 bridgehead atoms. The van der Waals surface area contributed by atoms with Gasteiger partial charge in [-0.2, -0.15) is 0 Å². The van der Waals surface area contributed by atoms with Crippen LogP contribution in [0.4, 0.5) is 4.79 Å². The third-order valence-electron chi connectivity index (χ3n) is 3.00. The molecule has 8 heteroatoms. The number of carbonyl (C=O) groups excluding carboxylic acids is 3. The molecule has 2 N–H and O–H groups in total. The van der Waals surface area contributed by atoms with Crippen molar-refractivity contribution >= 4 is 23.8 Å². The normalized spacial score (nSPS) is 20.4. The summed E-state index contributed by atoms with van der Waals surface area (Å²) in [7, 11) is 2.78. The lowest BCUT2D eigenvalue weighted by atomic mass is 10.2. The smallest absolute Gasteiger partial charge is 0.317 e. The van der Waals surface area contributed by atoms with E-state index in [4.69, 9.17) is 5.11 Å². The summed E-state index contributed by atoms with van der Waals surface area (Å²) in [4.78, 5) is 47.4. The third kappa shape index (κ3) is 3.43. The van der Waals surface area contributed by atoms with Gasteiger partial charge in [0.1, 0.15) is 6.04 Å². The molecule has 0 radical (unpaired) electrons. The maximum Gasteiger partial charge on any atom is 0.317 e. The minimum atomic E-state index is -1.01. The number of imide groups is 1. The highest BCUT2D eigenvalue weighted by Crippen LogP contribution is 2.11. The van der Waals surface area contributed by atoms with Gasteiger partial charge in [0.25, 0.3) is 5.91 Å². The van der Waals surface area contributed by atoms with Gasteiger partial charge in [-0.15, -0.1) is 0 Å². The number of amides is 4. The number of nitrogens with zero attached hydrogens (tertiary/aromatic N) is 2. The first-order chi connectivity index (χ1) is 8.73. The van der Waals surface area contributed by atoms with Gasteiger partial charge < -0.3 is 15.3 Å². The highest BCUT2D eigenvalue weighted by Gasteiger charge is 2.37. The topological polar surface area (TPSA) is 107 Å². The summed E-state index contributed by atoms with van der Waals surface area (Å²) in [5, 5.41) is 11.2. The lowest BCUT2D eigenvalue weighted by molar-refractivity contribution is -0.141. The van der Waals surface area contributed by atoms with E-state index in [1.165, 1.54) is 25.9 Å². The van der Waals surface area contributed by atoms with E-state index in [1.807, 2.05) is 0 Å². The molecule has 1 rings (SSSR count). The number of urea groups is 1. The van der Waals surface area contributed by atoms with Gasteiger partial charge in [-0.05, 0) is 0 Å². The average Bonchev–Trinajstić information content (AvgIpc) is 2.56. The minimum Gasteiger partial charge on any atom is -0.481 e. The highest BCUT2D eigenvalue weighted by molar-refractivity contribution is 6.06. The first kappa shape index (κ1) is 14.9. The summed E-state index contributed by atoms with van der Waals surface area (Å²) in [6.07, 6.45) is -0.0661. The second-order valence-corrected chi connectivity index (χ2v) is 4.62. The summed E-state index contributed by atoms with van der Waals surface area (Å²) in [5.74, 6) is -2.53. The number of likely N-dealkylation sites (N-methyl/N-ethyl adjacent to an activating group) is 1. The fraction of sp³-hybridized carbons (Fsp3) is 0.636. The number of hydrogen-bond acceptors (Lipinski definition) is 4. The Labute approximate surface area is 110 Å². The van der Waals surface area contributed by atoms with Crippen LogP contribution in [0.5, 0.6) is 0 Å². The van der Waals surface area contributed by atoms with Crippen LogP contribution in [0.3, 0.4) is 0 Å². The van der Waals surface area contributed by atoms with Gasteiger partial charge in [-0.1, -0.05) is 6.92 Å². The number of likely N-dealkylation sites (tertiary alicyclic amines) is 1. The molecule has 106 valence electrons. The summed E-state index contributed by atoms with van der Waals surface area (Å²) in [6.45, 7) is 1.50. The van der Waals surface area contributed by atoms with Gasteiger partial charge in [-0.3, -0.25) is 19.3 Å². The van der Waals surface area contributed by atoms with Crippen molar-refractivity contribution in [1.82, 2.24) is 15.1 Å². The van der Waals surface area contributed by atoms with Crippen LogP contribution in [0.2, 0.25) is 0 Å². The van der Waals surface area contributed by atoms with Gasteiger partial charge in [0.05, 0.1) is 12.3 Å². The summed E-state index contributed by atoms with van der Waals surface area (Å²) in [5.41, 5.74) is 0. The Kier molecular flexibility index (Phi) is 4.47. The number of aliphatic carboxylic acids is 1. The van der Waals surface area contributed by atoms with Crippen molar-refractivity contribution in [3.8, 4) is 0 Å². The molecule has 0 aromatic carbocycles. The lowest BCUT2D eigenvalue weighted by Gasteiger charge is -2.21. The Bertz CT molecular complexity index is 423. The van der Waals surface area contributed by atoms with E-state index in [2.05, 4.69) is 5.32 Å². The minimum absolute atomic E-state index is 0.0197. The highest BCUT2D eigenvalue weighted by atomic mass is 16.4. The van der Waals surface area contributed by atoms with Gasteiger partial charge in [0.2, 0.25) is 5.91 Å². The molecule has 1 aliphatic heterocycles. The van der Waals surface area contributed by atoms with E-state index < -0.39 is 29.9 Å². The maximum atomic E-state index is 11.8. The van der Waals surface area contributed by atoms with Crippen molar-refractivity contribution in [2.24, 2.45) is 5.92 Å². The monoisotopic (exact) mass is 271 g/mol. The molecule has 0 aliphatic carbocycles. The zero-order valence-electron chi connectivity index (χ0n) is 11.0. The van der Waals surface area contributed by atoms with Crippen LogP contribution in [0.25, 0.3) is 0 Å². The largest absolute Gasteiger partial charge is 0.481 e. The van der Waals surface area contributed by atoms with Crippen molar-refractivity contribution in [3.05, 3.63) is 0 Å². The van der Waals surface area contributed by atoms with E-state index in [0.29, 0.717) is 0 Å². The maximum absolute atomic E-state index is 11.8. The summed E-state index contributed by atoms with van der Waals surface area (Å²) in [6, 6.07) is -1.44. The summed E-state index contributed by atoms with van der Waals surface area (Å²) < 4.78 is 0. The van der Waals surface area contributed by atoms with E-state index >= 15 is 0 Å². The fourth-order valence-electron chi connectivity index (χ4n) is 1.70. The molecule has 1 heterocycles. The van der Waals surface area contributed by atoms with Gasteiger partial charge in [-0.25, -0.2) is 4.79 Å². The van der Waals surface area contributed by atoms with Crippen LogP contribution in [-0.4, -0.2) is 65.4 Å². The molecule has 8 nitrogen and oxygen atoms in total. The molecular formula is C11H17N3O5. The van der Waals surface area contributed by atoms with Crippen LogP contribution in [-0.2, 0) is 14.4 Å². The quantitative estimate of drug-likeness (QED) is 0.645. The Morgan fingerprint density at radius 3 is 2.53 bits per heavy atom. The Morgan fingerprint density at radius 2 is 2.11 bits per heavy atom. The molecule has 19 heavy (non-hydrogen) atoms. The summed E-state index contributed by atoms with van der Waals surface area (Å²) >= 11 is 0. The third-order valence-corrected chi connectivity index (χ3v) is 3.00. The molecule has 1 aliphatic rings. The second-order valence-electron chi connectivity index (χ2n) is 4.62. The van der Waals surface area contributed by atoms with Crippen molar-refractivity contribution < 1.29 is 24.3 Å². The molecule has 0 saturated carbocycles. The zero-order valence-corrected chi connectivity index (χ0v) is 11.0. The van der Waals surface area contributed by atoms with Crippen LogP contribution in [0.15, 0.2) is 0 Å². The van der Waals surface area contributed by atoms with Crippen LogP contribution < -0.4 is 5.32 Å². The second kappa shape index (κ2) is 5.68. The number of hydrogen-bond donors (Lipinski definition) is 2. The molecular weight excluding hydrogens is 254 g/mol. The molecule has 2 atom stereocenters. The van der Waals surface area contributed by atoms with Gasteiger partial charge in [0, 0.05) is 20.6 Å². The number of carbonyl (C=O) groups is 4. The fourth-order valence-corrected chi connectivity index (χ4v) is 1.70. The predicted octanol–water partition coefficient (Wildman–Crippen LogP) is -0.894. The first-order valence-corrected chi connectivity index (χ1v) is 5.79. The average molecular weight is 271 g/mol. The molecule has 4 amide bonds. The lowest BCUT2D eigenvalue weighted by Crippen LogP contribution is -2.47. The van der Waals surface area contributed by atoms with E-state index in [-0.39, 0.29) is 18.9 Å². The number of carboxylic acid groups (broad SMARTS) is 1. The Hall–Kier alpha value is -2.12. The van der Waals surface area contributed by atoms with Gasteiger partial charge >= 0.3 is 12.0 Å². The zero-order chi connectivity index (χ0) is 14.7. The first-order valence-electron chi connectivity index (χ1n) is 5.79. The van der Waals surface area contributed by atoms with Crippen LogP contribution >= 0.6 is 0 Å². The number of carboxylic acids is 1. The molecule has 0 spiro atoms. The Balaban J connectivity index is 2.54. The Morgan fingerprint density at radius 1 is 1.53 bits per heavy atom. The SMILES string of the molecule is CC(CN(C)C(=O)NC1CC(=O)N(C)C1=O)C(=O)O.